The number of benzene rings is 1. The van der Waals surface area contributed by atoms with Crippen molar-refractivity contribution < 1.29 is 19.1 Å². The summed E-state index contributed by atoms with van der Waals surface area (Å²) >= 11 is 0. The van der Waals surface area contributed by atoms with Crippen LogP contribution in [-0.2, 0) is 27.2 Å². The third-order valence-electron chi connectivity index (χ3n) is 3.14. The number of pyridine rings is 1. The first-order chi connectivity index (χ1) is 11.2. The predicted molar refractivity (Wildman–Crippen MR) is 85.2 cm³/mol. The molecule has 1 aromatic carbocycles. The highest BCUT2D eigenvalue weighted by atomic mass is 16.5. The quantitative estimate of drug-likeness (QED) is 0.553. The van der Waals surface area contributed by atoms with Gasteiger partial charge in [-0.25, -0.2) is 4.79 Å². The van der Waals surface area contributed by atoms with Gasteiger partial charge in [0.2, 0.25) is 5.78 Å². The molecule has 23 heavy (non-hydrogen) atoms. The number of esters is 1. The van der Waals surface area contributed by atoms with Gasteiger partial charge in [-0.3, -0.25) is 9.78 Å². The summed E-state index contributed by atoms with van der Waals surface area (Å²) in [5, 5.41) is 0. The van der Waals surface area contributed by atoms with Crippen molar-refractivity contribution in [3.05, 3.63) is 59.9 Å². The average molecular weight is 313 g/mol. The van der Waals surface area contributed by atoms with Crippen molar-refractivity contribution in [2.75, 3.05) is 13.2 Å². The maximum Gasteiger partial charge on any atom is 0.375 e. The minimum absolute atomic E-state index is 0.0663. The molecule has 2 rings (SSSR count). The summed E-state index contributed by atoms with van der Waals surface area (Å²) in [5.74, 6) is -0.789. The zero-order valence-electron chi connectivity index (χ0n) is 13.0. The van der Waals surface area contributed by atoms with Crippen molar-refractivity contribution in [1.29, 1.82) is 0 Å². The van der Waals surface area contributed by atoms with Crippen LogP contribution in [0.1, 0.15) is 18.2 Å². The zero-order chi connectivity index (χ0) is 16.5. The maximum absolute atomic E-state index is 11.6. The number of hydrogen-bond donors (Lipinski definition) is 0. The minimum Gasteiger partial charge on any atom is -0.492 e. The standard InChI is InChI=1S/C18H19NO4/c1-2-22-18(21)17(20)12-15-8-9-16(13-19-15)23-11-10-14-6-4-3-5-7-14/h3-9,13H,2,10-12H2,1H3. The van der Waals surface area contributed by atoms with Crippen molar-refractivity contribution in [1.82, 2.24) is 4.98 Å². The molecule has 2 aromatic rings. The molecule has 0 fully saturated rings. The largest absolute Gasteiger partial charge is 0.492 e. The monoisotopic (exact) mass is 313 g/mol. The summed E-state index contributed by atoms with van der Waals surface area (Å²) in [6.45, 7) is 2.39. The van der Waals surface area contributed by atoms with Crippen LogP contribution in [0.3, 0.4) is 0 Å². The van der Waals surface area contributed by atoms with Crippen LogP contribution in [0.2, 0.25) is 0 Å². The topological polar surface area (TPSA) is 65.5 Å². The molecule has 0 saturated carbocycles. The fourth-order valence-corrected chi connectivity index (χ4v) is 1.98. The van der Waals surface area contributed by atoms with Crippen molar-refractivity contribution in [3.8, 4) is 5.75 Å². The zero-order valence-corrected chi connectivity index (χ0v) is 13.0. The Bertz CT molecular complexity index is 638. The summed E-state index contributed by atoms with van der Waals surface area (Å²) in [7, 11) is 0. The number of hydrogen-bond acceptors (Lipinski definition) is 5. The SMILES string of the molecule is CCOC(=O)C(=O)Cc1ccc(OCCc2ccccc2)cn1. The lowest BCUT2D eigenvalue weighted by Gasteiger charge is -2.06. The first-order valence-electron chi connectivity index (χ1n) is 7.50. The van der Waals surface area contributed by atoms with E-state index in [2.05, 4.69) is 9.72 Å². The fourth-order valence-electron chi connectivity index (χ4n) is 1.98. The summed E-state index contributed by atoms with van der Waals surface area (Å²) in [6, 6.07) is 13.5. The molecule has 0 aliphatic rings. The van der Waals surface area contributed by atoms with Gasteiger partial charge in [0.1, 0.15) is 5.75 Å². The predicted octanol–water partition coefficient (Wildman–Crippen LogP) is 2.38. The molecule has 1 heterocycles. The second-order valence-electron chi connectivity index (χ2n) is 4.89. The maximum atomic E-state index is 11.6. The molecular weight excluding hydrogens is 294 g/mol. The summed E-state index contributed by atoms with van der Waals surface area (Å²) in [6.07, 6.45) is 2.30. The van der Waals surface area contributed by atoms with E-state index in [0.717, 1.165) is 6.42 Å². The highest BCUT2D eigenvalue weighted by molar-refractivity contribution is 6.34. The van der Waals surface area contributed by atoms with Crippen LogP contribution in [0.5, 0.6) is 5.75 Å². The second-order valence-corrected chi connectivity index (χ2v) is 4.89. The molecule has 0 bridgehead atoms. The Morgan fingerprint density at radius 1 is 1.09 bits per heavy atom. The van der Waals surface area contributed by atoms with Gasteiger partial charge in [0.05, 0.1) is 25.8 Å². The smallest absolute Gasteiger partial charge is 0.375 e. The van der Waals surface area contributed by atoms with Crippen molar-refractivity contribution >= 4 is 11.8 Å². The molecule has 0 atom stereocenters. The number of rotatable bonds is 8. The molecule has 0 unspecified atom stereocenters. The van der Waals surface area contributed by atoms with E-state index in [1.807, 2.05) is 30.3 Å². The number of ether oxygens (including phenoxy) is 2. The van der Waals surface area contributed by atoms with E-state index in [0.29, 0.717) is 18.1 Å². The molecule has 1 aromatic heterocycles. The normalized spacial score (nSPS) is 10.1. The van der Waals surface area contributed by atoms with Crippen molar-refractivity contribution in [2.24, 2.45) is 0 Å². The lowest BCUT2D eigenvalue weighted by molar-refractivity contribution is -0.153. The fraction of sp³-hybridized carbons (Fsp3) is 0.278. The Morgan fingerprint density at radius 3 is 2.52 bits per heavy atom. The number of ketones is 1. The Hall–Kier alpha value is -2.69. The Morgan fingerprint density at radius 2 is 1.87 bits per heavy atom. The number of aromatic nitrogens is 1. The molecule has 0 N–H and O–H groups in total. The Balaban J connectivity index is 1.80. The van der Waals surface area contributed by atoms with Crippen LogP contribution in [0.15, 0.2) is 48.7 Å². The van der Waals surface area contributed by atoms with Gasteiger partial charge in [0.25, 0.3) is 0 Å². The number of nitrogens with zero attached hydrogens (tertiary/aromatic N) is 1. The first-order valence-corrected chi connectivity index (χ1v) is 7.50. The van der Waals surface area contributed by atoms with Crippen LogP contribution in [0.4, 0.5) is 0 Å². The lowest BCUT2D eigenvalue weighted by Crippen LogP contribution is -2.19. The van der Waals surface area contributed by atoms with Gasteiger partial charge in [-0.1, -0.05) is 30.3 Å². The van der Waals surface area contributed by atoms with Gasteiger partial charge >= 0.3 is 5.97 Å². The van der Waals surface area contributed by atoms with Gasteiger partial charge in [-0.15, -0.1) is 0 Å². The van der Waals surface area contributed by atoms with Crippen molar-refractivity contribution in [3.63, 3.8) is 0 Å². The number of carbonyl (C=O) groups is 2. The van der Waals surface area contributed by atoms with Crippen LogP contribution in [-0.4, -0.2) is 30.0 Å². The molecule has 0 amide bonds. The van der Waals surface area contributed by atoms with Crippen LogP contribution in [0, 0.1) is 0 Å². The number of Topliss-reactive ketones (excluding diaryl/α,β-unsaturated/α-hetero) is 1. The lowest BCUT2D eigenvalue weighted by atomic mass is 10.2. The molecule has 0 saturated heterocycles. The Labute approximate surface area is 135 Å². The highest BCUT2D eigenvalue weighted by Crippen LogP contribution is 2.11. The molecule has 0 aliphatic heterocycles. The number of carbonyl (C=O) groups excluding carboxylic acids is 2. The molecule has 120 valence electrons. The van der Waals surface area contributed by atoms with E-state index in [4.69, 9.17) is 4.74 Å². The van der Waals surface area contributed by atoms with E-state index in [9.17, 15) is 9.59 Å². The van der Waals surface area contributed by atoms with E-state index >= 15 is 0 Å². The van der Waals surface area contributed by atoms with Gasteiger partial charge in [-0.2, -0.15) is 0 Å². The van der Waals surface area contributed by atoms with Crippen LogP contribution in [0.25, 0.3) is 0 Å². The van der Waals surface area contributed by atoms with Gasteiger partial charge in [0, 0.05) is 12.1 Å². The Kier molecular flexibility index (Phi) is 6.29. The van der Waals surface area contributed by atoms with Crippen molar-refractivity contribution in [2.45, 2.75) is 19.8 Å². The summed E-state index contributed by atoms with van der Waals surface area (Å²) in [5.41, 5.74) is 1.72. The third kappa shape index (κ3) is 5.54. The van der Waals surface area contributed by atoms with Crippen LogP contribution < -0.4 is 4.74 Å². The molecule has 0 radical (unpaired) electrons. The van der Waals surface area contributed by atoms with Crippen LogP contribution >= 0.6 is 0 Å². The molecular formula is C18H19NO4. The molecule has 5 heteroatoms. The minimum atomic E-state index is -0.822. The first kappa shape index (κ1) is 16.7. The molecule has 0 spiro atoms. The van der Waals surface area contributed by atoms with Gasteiger partial charge in [0.15, 0.2) is 0 Å². The van der Waals surface area contributed by atoms with E-state index in [1.54, 1.807) is 25.3 Å². The average Bonchev–Trinajstić information content (AvgIpc) is 2.57. The van der Waals surface area contributed by atoms with E-state index in [1.165, 1.54) is 5.56 Å². The molecule has 0 aliphatic carbocycles. The van der Waals surface area contributed by atoms with Gasteiger partial charge in [-0.05, 0) is 24.6 Å². The molecule has 5 nitrogen and oxygen atoms in total. The van der Waals surface area contributed by atoms with Gasteiger partial charge < -0.3 is 9.47 Å². The van der Waals surface area contributed by atoms with E-state index < -0.39 is 11.8 Å². The highest BCUT2D eigenvalue weighted by Gasteiger charge is 2.15. The van der Waals surface area contributed by atoms with E-state index in [-0.39, 0.29) is 13.0 Å². The second kappa shape index (κ2) is 8.68. The summed E-state index contributed by atoms with van der Waals surface area (Å²) < 4.78 is 10.3. The summed E-state index contributed by atoms with van der Waals surface area (Å²) in [4.78, 5) is 27.0. The third-order valence-corrected chi connectivity index (χ3v) is 3.14.